The Morgan fingerprint density at radius 2 is 0.912 bits per heavy atom. The monoisotopic (exact) mass is 1250 g/mol. The molecule has 3 amide bonds. The van der Waals surface area contributed by atoms with Gasteiger partial charge in [-0.3, -0.25) is 43.7 Å². The minimum atomic E-state index is -1.08. The van der Waals surface area contributed by atoms with E-state index in [0.29, 0.717) is 45.3 Å². The number of aliphatic carboxylic acids is 3. The van der Waals surface area contributed by atoms with Crippen molar-refractivity contribution in [2.24, 2.45) is 5.92 Å². The fourth-order valence-corrected chi connectivity index (χ4v) is 17.5. The molecule has 0 spiro atoms. The van der Waals surface area contributed by atoms with Gasteiger partial charge < -0.3 is 64.8 Å². The van der Waals surface area contributed by atoms with E-state index < -0.39 is 34.6 Å². The topological polar surface area (TPSA) is 321 Å². The molecule has 0 aromatic carbocycles. The summed E-state index contributed by atoms with van der Waals surface area (Å²) >= 11 is 0. The van der Waals surface area contributed by atoms with Crippen molar-refractivity contribution in [3.05, 3.63) is 0 Å². The van der Waals surface area contributed by atoms with Crippen LogP contribution in [-0.4, -0.2) is 187 Å². The van der Waals surface area contributed by atoms with E-state index >= 15 is 0 Å². The number of ether oxygens (including phenoxy) is 6. The summed E-state index contributed by atoms with van der Waals surface area (Å²) in [5.74, 6) is -4.74. The molecule has 1 heterocycles. The van der Waals surface area contributed by atoms with Gasteiger partial charge in [0, 0.05) is 58.3 Å². The summed E-state index contributed by atoms with van der Waals surface area (Å²) in [6.45, 7) is 2.59. The number of amides is 3. The standard InChI is InChI=1S/C52H92N4O18S6/c57-42(18-13-11-9-7-5-3-1-2-4-6-8-10-12-14-21-48(62)63)36-41(49(64)65)22-23-45(59)54-25-28-70-31-33-72-37-43(58)19-17-27-69-30-34-73-39-47(61)55-26-29-71-32-35-74-38-46(60)53-24-16-15-20-44(50(66)67)56-51-77-75-40-76-79-52(68)80-78-51/h41,44,51-52,56,68H,1-40H2,(H,53,60)(H,54,59)(H,55,61)(H,62,63)(H,64,65)(H,66,67)/t41-,44+,51?,52?/m1/s1. The Morgan fingerprint density at radius 3 is 1.48 bits per heavy atom. The smallest absolute Gasteiger partial charge is 0.320 e. The number of carbonyl (C=O) groups excluding carboxylic acids is 5. The molecular weight excluding hydrogens is 1160 g/mol. The lowest BCUT2D eigenvalue weighted by atomic mass is 9.94. The molecule has 2 unspecified atom stereocenters. The average Bonchev–Trinajstić information content (AvgIpc) is 3.52. The number of ketones is 2. The molecule has 0 bridgehead atoms. The molecule has 0 aromatic rings. The van der Waals surface area contributed by atoms with Crippen molar-refractivity contribution in [2.45, 2.75) is 170 Å². The molecule has 1 aliphatic heterocycles. The van der Waals surface area contributed by atoms with E-state index in [4.69, 9.17) is 33.5 Å². The molecule has 1 saturated heterocycles. The zero-order valence-corrected chi connectivity index (χ0v) is 51.4. The van der Waals surface area contributed by atoms with Gasteiger partial charge in [0.05, 0.1) is 63.9 Å². The number of carboxylic acid groups (broad SMARTS) is 3. The number of carboxylic acids is 3. The predicted molar refractivity (Wildman–Crippen MR) is 318 cm³/mol. The summed E-state index contributed by atoms with van der Waals surface area (Å²) in [5.41, 5.74) is 0. The van der Waals surface area contributed by atoms with E-state index in [2.05, 4.69) is 21.3 Å². The molecule has 8 N–H and O–H groups in total. The highest BCUT2D eigenvalue weighted by atomic mass is 33.2. The van der Waals surface area contributed by atoms with Crippen LogP contribution in [0.5, 0.6) is 0 Å². The largest absolute Gasteiger partial charge is 0.481 e. The molecular formula is C52H92N4O18S6. The van der Waals surface area contributed by atoms with E-state index in [-0.39, 0.29) is 152 Å². The van der Waals surface area contributed by atoms with Crippen LogP contribution in [-0.2, 0) is 66.8 Å². The summed E-state index contributed by atoms with van der Waals surface area (Å²) < 4.78 is 31.6. The quantitative estimate of drug-likeness (QED) is 0.0217. The number of hydrogen-bond donors (Lipinski definition) is 8. The van der Waals surface area contributed by atoms with Crippen LogP contribution in [0, 0.1) is 5.92 Å². The minimum Gasteiger partial charge on any atom is -0.481 e. The summed E-state index contributed by atoms with van der Waals surface area (Å²) in [6, 6.07) is -0.744. The van der Waals surface area contributed by atoms with E-state index in [1.165, 1.54) is 77.3 Å². The van der Waals surface area contributed by atoms with Crippen molar-refractivity contribution in [2.75, 3.05) is 104 Å². The summed E-state index contributed by atoms with van der Waals surface area (Å²) in [7, 11) is 8.80. The van der Waals surface area contributed by atoms with Gasteiger partial charge in [-0.1, -0.05) is 120 Å². The van der Waals surface area contributed by atoms with Crippen LogP contribution in [0.1, 0.15) is 154 Å². The fourth-order valence-electron chi connectivity index (χ4n) is 7.57. The molecule has 1 aliphatic rings. The summed E-state index contributed by atoms with van der Waals surface area (Å²) in [4.78, 5) is 95.1. The lowest BCUT2D eigenvalue weighted by Crippen LogP contribution is -2.40. The number of rotatable bonds is 56. The van der Waals surface area contributed by atoms with Gasteiger partial charge in [-0.05, 0) is 66.5 Å². The molecule has 80 heavy (non-hydrogen) atoms. The zero-order chi connectivity index (χ0) is 58.5. The Bertz CT molecular complexity index is 1670. The predicted octanol–water partition coefficient (Wildman–Crippen LogP) is 7.44. The van der Waals surface area contributed by atoms with Crippen LogP contribution in [0.4, 0.5) is 0 Å². The van der Waals surface area contributed by atoms with Gasteiger partial charge in [-0.15, -0.1) is 0 Å². The second kappa shape index (κ2) is 54.9. The molecule has 0 aromatic heterocycles. The van der Waals surface area contributed by atoms with E-state index in [0.717, 1.165) is 50.0 Å². The highest BCUT2D eigenvalue weighted by Gasteiger charge is 2.25. The lowest BCUT2D eigenvalue weighted by Gasteiger charge is -2.21. The molecule has 0 aliphatic carbocycles. The Balaban J connectivity index is 1.89. The third-order valence-electron chi connectivity index (χ3n) is 11.9. The van der Waals surface area contributed by atoms with E-state index in [9.17, 15) is 53.7 Å². The zero-order valence-electron chi connectivity index (χ0n) is 46.5. The molecule has 28 heteroatoms. The first kappa shape index (κ1) is 76.0. The third kappa shape index (κ3) is 50.5. The van der Waals surface area contributed by atoms with Crippen molar-refractivity contribution in [1.82, 2.24) is 21.3 Å². The fraction of sp³-hybridized carbons (Fsp3) is 0.846. The van der Waals surface area contributed by atoms with E-state index in [1.807, 2.05) is 0 Å². The van der Waals surface area contributed by atoms with Crippen molar-refractivity contribution >= 4 is 112 Å². The van der Waals surface area contributed by atoms with Gasteiger partial charge in [0.25, 0.3) is 0 Å². The highest BCUT2D eigenvalue weighted by molar-refractivity contribution is 8.92. The van der Waals surface area contributed by atoms with Gasteiger partial charge in [-0.2, -0.15) is 0 Å². The van der Waals surface area contributed by atoms with Crippen LogP contribution in [0.3, 0.4) is 0 Å². The maximum Gasteiger partial charge on any atom is 0.320 e. The normalized spacial score (nSPS) is 15.5. The minimum absolute atomic E-state index is 0.00997. The molecule has 464 valence electrons. The third-order valence-corrected chi connectivity index (χ3v) is 21.7. The first-order valence-corrected chi connectivity index (χ1v) is 35.1. The number of unbranched alkanes of at least 4 members (excludes halogenated alkanes) is 14. The second-order valence-corrected chi connectivity index (χ2v) is 27.1. The summed E-state index contributed by atoms with van der Waals surface area (Å²) in [5, 5.41) is 49.9. The van der Waals surface area contributed by atoms with Crippen LogP contribution in [0.2, 0.25) is 0 Å². The van der Waals surface area contributed by atoms with Crippen molar-refractivity contribution in [3.8, 4) is 0 Å². The Labute approximate surface area is 497 Å². The molecule has 0 saturated carbocycles. The van der Waals surface area contributed by atoms with Crippen LogP contribution in [0.25, 0.3) is 0 Å². The van der Waals surface area contributed by atoms with E-state index in [1.54, 1.807) is 32.4 Å². The first-order valence-electron chi connectivity index (χ1n) is 28.1. The lowest BCUT2D eigenvalue weighted by molar-refractivity contribution is -0.144. The SMILES string of the molecule is O=C(O)CCCCCCCCCCCCCCCCC(=O)C[C@@H](CCC(=O)NCCOCCOCC(=O)CCCOCCOCC(=O)NCCOCCOCC(=O)NCCCC[C@H](NC1SSCSSC(O)SS1)C(=O)O)C(=O)O. The number of Topliss-reactive ketones (excluding diaryl/α,β-unsaturated/α-hetero) is 2. The van der Waals surface area contributed by atoms with Crippen LogP contribution < -0.4 is 21.3 Å². The Hall–Kier alpha value is -2.06. The Kier molecular flexibility index (Phi) is 52.1. The number of hydrogen-bond acceptors (Lipinski definition) is 22. The van der Waals surface area contributed by atoms with Gasteiger partial charge in [0.15, 0.2) is 10.6 Å². The second-order valence-electron chi connectivity index (χ2n) is 18.8. The maximum atomic E-state index is 12.5. The Morgan fingerprint density at radius 1 is 0.425 bits per heavy atom. The van der Waals surface area contributed by atoms with Gasteiger partial charge >= 0.3 is 17.9 Å². The molecule has 1 rings (SSSR count). The summed E-state index contributed by atoms with van der Waals surface area (Å²) in [6.07, 6.45) is 18.2. The van der Waals surface area contributed by atoms with Crippen molar-refractivity contribution in [3.63, 3.8) is 0 Å². The first-order chi connectivity index (χ1) is 38.8. The van der Waals surface area contributed by atoms with Gasteiger partial charge in [-0.25, -0.2) is 0 Å². The average molecular weight is 1250 g/mol. The van der Waals surface area contributed by atoms with Crippen molar-refractivity contribution in [1.29, 1.82) is 0 Å². The molecule has 4 atom stereocenters. The van der Waals surface area contributed by atoms with Gasteiger partial charge in [0.2, 0.25) is 17.7 Å². The molecule has 0 radical (unpaired) electrons. The number of aliphatic hydroxyl groups is 1. The number of carbonyl (C=O) groups is 8. The maximum absolute atomic E-state index is 12.5. The number of nitrogens with one attached hydrogen (secondary N) is 4. The van der Waals surface area contributed by atoms with Crippen LogP contribution >= 0.6 is 64.8 Å². The van der Waals surface area contributed by atoms with Crippen molar-refractivity contribution < 1.29 is 87.2 Å². The van der Waals surface area contributed by atoms with Gasteiger partial charge in [0.1, 0.15) is 36.4 Å². The number of aliphatic hydroxyl groups excluding tert-OH is 1. The molecule has 1 fully saturated rings. The molecule has 22 nitrogen and oxygen atoms in total. The highest BCUT2D eigenvalue weighted by Crippen LogP contribution is 2.49. The van der Waals surface area contributed by atoms with Crippen LogP contribution in [0.15, 0.2) is 0 Å².